The molecule has 2 aromatic rings. The number of para-hydroxylation sites is 1. The van der Waals surface area contributed by atoms with Gasteiger partial charge in [0.15, 0.2) is 0 Å². The van der Waals surface area contributed by atoms with Gasteiger partial charge in [0, 0.05) is 0 Å². The molecule has 0 aromatic heterocycles. The summed E-state index contributed by atoms with van der Waals surface area (Å²) in [4.78, 5) is 0. The molecule has 0 unspecified atom stereocenters. The van der Waals surface area contributed by atoms with Crippen molar-refractivity contribution in [2.45, 2.75) is 33.1 Å². The van der Waals surface area contributed by atoms with E-state index in [1.54, 1.807) is 18.2 Å². The SMILES string of the molecule is Cc1cccc(C(C)(C)C)c1OCCOc1ccc(C#N)cc1Br. The standard InChI is InChI=1S/C20H22BrNO2/c1-14-6-5-7-16(20(2,3)4)19(14)24-11-10-23-18-9-8-15(13-22)12-17(18)21/h5-9,12H,10-11H2,1-4H3. The second-order valence-corrected chi connectivity index (χ2v) is 7.51. The summed E-state index contributed by atoms with van der Waals surface area (Å²) in [5, 5.41) is 8.88. The number of nitriles is 1. The Hall–Kier alpha value is -1.99. The Labute approximate surface area is 152 Å². The zero-order valence-electron chi connectivity index (χ0n) is 14.5. The molecule has 0 spiro atoms. The summed E-state index contributed by atoms with van der Waals surface area (Å²) in [6.45, 7) is 9.49. The molecule has 2 rings (SSSR count). The lowest BCUT2D eigenvalue weighted by Gasteiger charge is -2.24. The van der Waals surface area contributed by atoms with Crippen molar-refractivity contribution in [2.75, 3.05) is 13.2 Å². The Bertz CT molecular complexity index is 757. The summed E-state index contributed by atoms with van der Waals surface area (Å²) in [6.07, 6.45) is 0. The number of halogens is 1. The van der Waals surface area contributed by atoms with E-state index in [-0.39, 0.29) is 5.41 Å². The Morgan fingerprint density at radius 1 is 1.08 bits per heavy atom. The van der Waals surface area contributed by atoms with Crippen LogP contribution in [-0.4, -0.2) is 13.2 Å². The zero-order valence-corrected chi connectivity index (χ0v) is 16.1. The number of benzene rings is 2. The van der Waals surface area contributed by atoms with Crippen molar-refractivity contribution in [3.63, 3.8) is 0 Å². The van der Waals surface area contributed by atoms with Crippen molar-refractivity contribution in [1.29, 1.82) is 5.26 Å². The van der Waals surface area contributed by atoms with Gasteiger partial charge in [0.25, 0.3) is 0 Å². The highest BCUT2D eigenvalue weighted by Crippen LogP contribution is 2.33. The average molecular weight is 388 g/mol. The first-order chi connectivity index (χ1) is 11.3. The summed E-state index contributed by atoms with van der Waals surface area (Å²) in [5.74, 6) is 1.64. The van der Waals surface area contributed by atoms with E-state index in [1.807, 2.05) is 0 Å². The van der Waals surface area contributed by atoms with E-state index in [0.717, 1.165) is 15.8 Å². The maximum Gasteiger partial charge on any atom is 0.133 e. The van der Waals surface area contributed by atoms with Gasteiger partial charge in [-0.25, -0.2) is 0 Å². The molecule has 0 saturated carbocycles. The summed E-state index contributed by atoms with van der Waals surface area (Å²) in [6, 6.07) is 13.6. The van der Waals surface area contributed by atoms with Crippen LogP contribution in [0.15, 0.2) is 40.9 Å². The minimum absolute atomic E-state index is 0.0262. The lowest BCUT2D eigenvalue weighted by Crippen LogP contribution is -2.16. The summed E-state index contributed by atoms with van der Waals surface area (Å²) in [5.41, 5.74) is 2.95. The van der Waals surface area contributed by atoms with Crippen molar-refractivity contribution < 1.29 is 9.47 Å². The molecule has 0 saturated heterocycles. The van der Waals surface area contributed by atoms with Crippen molar-refractivity contribution in [2.24, 2.45) is 0 Å². The van der Waals surface area contributed by atoms with E-state index < -0.39 is 0 Å². The quantitative estimate of drug-likeness (QED) is 0.646. The second kappa shape index (κ2) is 7.72. The summed E-state index contributed by atoms with van der Waals surface area (Å²) in [7, 11) is 0. The normalized spacial score (nSPS) is 11.0. The van der Waals surface area contributed by atoms with E-state index in [1.165, 1.54) is 5.56 Å². The Morgan fingerprint density at radius 2 is 1.79 bits per heavy atom. The summed E-state index contributed by atoms with van der Waals surface area (Å²) >= 11 is 3.42. The van der Waals surface area contributed by atoms with Gasteiger partial charge in [-0.1, -0.05) is 39.0 Å². The molecule has 0 N–H and O–H groups in total. The first-order valence-corrected chi connectivity index (χ1v) is 8.67. The van der Waals surface area contributed by atoms with Gasteiger partial charge in [0.2, 0.25) is 0 Å². The first-order valence-electron chi connectivity index (χ1n) is 7.88. The van der Waals surface area contributed by atoms with Crippen LogP contribution in [0.4, 0.5) is 0 Å². The Kier molecular flexibility index (Phi) is 5.90. The van der Waals surface area contributed by atoms with Gasteiger partial charge in [0.05, 0.1) is 16.1 Å². The third kappa shape index (κ3) is 4.52. The van der Waals surface area contributed by atoms with Gasteiger partial charge in [0.1, 0.15) is 24.7 Å². The molecule has 0 heterocycles. The summed E-state index contributed by atoms with van der Waals surface area (Å²) < 4.78 is 12.5. The number of hydrogen-bond donors (Lipinski definition) is 0. The highest BCUT2D eigenvalue weighted by Gasteiger charge is 2.20. The maximum absolute atomic E-state index is 8.88. The molecular formula is C20H22BrNO2. The molecule has 0 fully saturated rings. The molecule has 0 radical (unpaired) electrons. The predicted octanol–water partition coefficient (Wildman–Crippen LogP) is 5.38. The fourth-order valence-electron chi connectivity index (χ4n) is 2.42. The third-order valence-corrected chi connectivity index (χ3v) is 4.29. The van der Waals surface area contributed by atoms with Crippen LogP contribution in [0.25, 0.3) is 0 Å². The van der Waals surface area contributed by atoms with E-state index in [4.69, 9.17) is 14.7 Å². The van der Waals surface area contributed by atoms with Crippen LogP contribution in [0.1, 0.15) is 37.5 Å². The van der Waals surface area contributed by atoms with Gasteiger partial charge in [-0.15, -0.1) is 0 Å². The molecule has 0 bridgehead atoms. The monoisotopic (exact) mass is 387 g/mol. The minimum Gasteiger partial charge on any atom is -0.489 e. The van der Waals surface area contributed by atoms with Crippen LogP contribution in [-0.2, 0) is 5.41 Å². The van der Waals surface area contributed by atoms with E-state index >= 15 is 0 Å². The second-order valence-electron chi connectivity index (χ2n) is 6.66. The topological polar surface area (TPSA) is 42.2 Å². The largest absolute Gasteiger partial charge is 0.489 e. The van der Waals surface area contributed by atoms with Crippen molar-refractivity contribution in [1.82, 2.24) is 0 Å². The van der Waals surface area contributed by atoms with Crippen LogP contribution in [0.5, 0.6) is 11.5 Å². The third-order valence-electron chi connectivity index (χ3n) is 3.67. The molecule has 0 aliphatic rings. The van der Waals surface area contributed by atoms with Crippen LogP contribution < -0.4 is 9.47 Å². The van der Waals surface area contributed by atoms with E-state index in [2.05, 4.69) is 67.9 Å². The van der Waals surface area contributed by atoms with E-state index in [9.17, 15) is 0 Å². The molecule has 0 atom stereocenters. The fourth-order valence-corrected chi connectivity index (χ4v) is 2.91. The predicted molar refractivity (Wildman–Crippen MR) is 99.7 cm³/mol. The lowest BCUT2D eigenvalue weighted by atomic mass is 9.85. The van der Waals surface area contributed by atoms with Crippen molar-refractivity contribution in [3.8, 4) is 17.6 Å². The molecule has 0 amide bonds. The first kappa shape index (κ1) is 18.4. The number of rotatable bonds is 5. The molecule has 0 aliphatic carbocycles. The van der Waals surface area contributed by atoms with Crippen molar-refractivity contribution >= 4 is 15.9 Å². The minimum atomic E-state index is 0.0262. The molecule has 126 valence electrons. The Balaban J connectivity index is 2.00. The lowest BCUT2D eigenvalue weighted by molar-refractivity contribution is 0.212. The average Bonchev–Trinajstić information content (AvgIpc) is 2.52. The molecule has 3 nitrogen and oxygen atoms in total. The van der Waals surface area contributed by atoms with Gasteiger partial charge in [-0.3, -0.25) is 0 Å². The van der Waals surface area contributed by atoms with Gasteiger partial charge in [-0.05, 0) is 57.6 Å². The molecule has 24 heavy (non-hydrogen) atoms. The number of hydrogen-bond acceptors (Lipinski definition) is 3. The number of aryl methyl sites for hydroxylation is 1. The van der Waals surface area contributed by atoms with Crippen LogP contribution >= 0.6 is 15.9 Å². The maximum atomic E-state index is 8.88. The molecule has 0 aliphatic heterocycles. The highest BCUT2D eigenvalue weighted by molar-refractivity contribution is 9.10. The zero-order chi connectivity index (χ0) is 17.7. The smallest absolute Gasteiger partial charge is 0.133 e. The number of nitrogens with zero attached hydrogens (tertiary/aromatic N) is 1. The Morgan fingerprint density at radius 3 is 2.42 bits per heavy atom. The van der Waals surface area contributed by atoms with E-state index in [0.29, 0.717) is 24.5 Å². The highest BCUT2D eigenvalue weighted by atomic mass is 79.9. The van der Waals surface area contributed by atoms with Crippen molar-refractivity contribution in [3.05, 3.63) is 57.6 Å². The van der Waals surface area contributed by atoms with Crippen LogP contribution in [0, 0.1) is 18.3 Å². The molecule has 2 aromatic carbocycles. The number of ether oxygens (including phenoxy) is 2. The molecular weight excluding hydrogens is 366 g/mol. The van der Waals surface area contributed by atoms with Gasteiger partial charge >= 0.3 is 0 Å². The molecule has 4 heteroatoms. The van der Waals surface area contributed by atoms with Gasteiger partial charge < -0.3 is 9.47 Å². The van der Waals surface area contributed by atoms with Gasteiger partial charge in [-0.2, -0.15) is 5.26 Å². The van der Waals surface area contributed by atoms with Crippen LogP contribution in [0.3, 0.4) is 0 Å². The fraction of sp³-hybridized carbons (Fsp3) is 0.350. The van der Waals surface area contributed by atoms with Crippen LogP contribution in [0.2, 0.25) is 0 Å².